The van der Waals surface area contributed by atoms with Gasteiger partial charge in [0.15, 0.2) is 0 Å². The van der Waals surface area contributed by atoms with E-state index >= 15 is 0 Å². The summed E-state index contributed by atoms with van der Waals surface area (Å²) in [6.07, 6.45) is 5.52. The molecular formula is C30H34N2O3S. The van der Waals surface area contributed by atoms with Crippen LogP contribution in [-0.2, 0) is 4.79 Å². The fourth-order valence-electron chi connectivity index (χ4n) is 5.68. The van der Waals surface area contributed by atoms with E-state index in [-0.39, 0.29) is 22.7 Å². The second-order valence-corrected chi connectivity index (χ2v) is 11.3. The number of amides is 1. The summed E-state index contributed by atoms with van der Waals surface area (Å²) in [5, 5.41) is 10.2. The number of hydrogen-bond donors (Lipinski definition) is 1. The van der Waals surface area contributed by atoms with Gasteiger partial charge in [-0.2, -0.15) is 0 Å². The van der Waals surface area contributed by atoms with Crippen molar-refractivity contribution in [1.29, 1.82) is 0 Å². The minimum absolute atomic E-state index is 0.00636. The van der Waals surface area contributed by atoms with Crippen LogP contribution in [0.15, 0.2) is 66.7 Å². The van der Waals surface area contributed by atoms with Crippen molar-refractivity contribution in [2.45, 2.75) is 51.5 Å². The second-order valence-electron chi connectivity index (χ2n) is 10.2. The number of nitrogens with zero attached hydrogens (tertiary/aromatic N) is 2. The van der Waals surface area contributed by atoms with Crippen molar-refractivity contribution in [2.24, 2.45) is 11.8 Å². The zero-order chi connectivity index (χ0) is 25.1. The summed E-state index contributed by atoms with van der Waals surface area (Å²) in [5.41, 5.74) is 2.75. The summed E-state index contributed by atoms with van der Waals surface area (Å²) >= 11 is 1.27. The number of carbonyl (C=O) groups is 2. The Kier molecular flexibility index (Phi) is 7.42. The van der Waals surface area contributed by atoms with Gasteiger partial charge >= 0.3 is 5.97 Å². The highest BCUT2D eigenvalue weighted by molar-refractivity contribution is 7.18. The zero-order valence-corrected chi connectivity index (χ0v) is 21.6. The van der Waals surface area contributed by atoms with Gasteiger partial charge in [0.2, 0.25) is 5.91 Å². The molecule has 1 amide bonds. The molecule has 5 rings (SSSR count). The molecule has 2 aliphatic rings. The lowest BCUT2D eigenvalue weighted by Crippen LogP contribution is -2.50. The maximum absolute atomic E-state index is 14.1. The molecule has 6 heteroatoms. The molecule has 0 atom stereocenters. The maximum Gasteiger partial charge on any atom is 0.348 e. The topological polar surface area (TPSA) is 60.9 Å². The molecule has 1 saturated carbocycles. The number of thiophene rings is 1. The number of aromatic carboxylic acids is 1. The van der Waals surface area contributed by atoms with E-state index in [4.69, 9.17) is 0 Å². The SMILES string of the molecule is CC1CCC(C(=O)N(c2cc(-c3ccccc3)sc2C(=O)O)C2CCN(c3ccccc3)CC2)CC1. The quantitative estimate of drug-likeness (QED) is 0.397. The van der Waals surface area contributed by atoms with Crippen LogP contribution < -0.4 is 9.80 Å². The first kappa shape index (κ1) is 24.6. The van der Waals surface area contributed by atoms with Crippen LogP contribution in [0.4, 0.5) is 11.4 Å². The van der Waals surface area contributed by atoms with Crippen LogP contribution in [0.5, 0.6) is 0 Å². The first-order valence-electron chi connectivity index (χ1n) is 13.1. The first-order valence-corrected chi connectivity index (χ1v) is 13.9. The Labute approximate surface area is 217 Å². The largest absolute Gasteiger partial charge is 0.477 e. The molecule has 0 radical (unpaired) electrons. The summed E-state index contributed by atoms with van der Waals surface area (Å²) < 4.78 is 0. The van der Waals surface area contributed by atoms with Gasteiger partial charge in [0.05, 0.1) is 5.69 Å². The van der Waals surface area contributed by atoms with Gasteiger partial charge in [-0.25, -0.2) is 4.79 Å². The Balaban J connectivity index is 1.47. The second kappa shape index (κ2) is 10.9. The number of anilines is 2. The van der Waals surface area contributed by atoms with E-state index in [9.17, 15) is 14.7 Å². The van der Waals surface area contributed by atoms with Crippen LogP contribution in [0.2, 0.25) is 0 Å². The number of carboxylic acid groups (broad SMARTS) is 1. The van der Waals surface area contributed by atoms with Gasteiger partial charge < -0.3 is 14.9 Å². The molecule has 1 N–H and O–H groups in total. The summed E-state index contributed by atoms with van der Waals surface area (Å²) in [6.45, 7) is 3.95. The van der Waals surface area contributed by atoms with E-state index in [0.717, 1.165) is 62.1 Å². The molecule has 5 nitrogen and oxygen atoms in total. The number of piperidine rings is 1. The highest BCUT2D eigenvalue weighted by Crippen LogP contribution is 2.41. The molecule has 1 aromatic heterocycles. The zero-order valence-electron chi connectivity index (χ0n) is 20.8. The first-order chi connectivity index (χ1) is 17.5. The predicted octanol–water partition coefficient (Wildman–Crippen LogP) is 6.94. The third kappa shape index (κ3) is 5.19. The average Bonchev–Trinajstić information content (AvgIpc) is 3.36. The molecule has 0 spiro atoms. The molecule has 1 aliphatic heterocycles. The molecule has 1 saturated heterocycles. The molecular weight excluding hydrogens is 468 g/mol. The van der Waals surface area contributed by atoms with E-state index in [0.29, 0.717) is 11.6 Å². The number of carboxylic acids is 1. The molecule has 2 fully saturated rings. The van der Waals surface area contributed by atoms with Gasteiger partial charge in [-0.3, -0.25) is 4.79 Å². The standard InChI is InChI=1S/C30H34N2O3S/c1-21-12-14-23(15-13-21)29(33)32(25-16-18-31(19-17-25)24-10-6-3-7-11-24)26-20-27(36-28(26)30(34)35)22-8-4-2-5-9-22/h2-11,20-21,23,25H,12-19H2,1H3,(H,34,35). The molecule has 2 heterocycles. The van der Waals surface area contributed by atoms with E-state index in [1.807, 2.05) is 47.4 Å². The number of carbonyl (C=O) groups excluding carboxylic acids is 1. The smallest absolute Gasteiger partial charge is 0.348 e. The van der Waals surface area contributed by atoms with Crippen LogP contribution >= 0.6 is 11.3 Å². The normalized spacial score (nSPS) is 20.8. The van der Waals surface area contributed by atoms with Gasteiger partial charge in [0.1, 0.15) is 4.88 Å². The van der Waals surface area contributed by atoms with Crippen molar-refractivity contribution in [1.82, 2.24) is 0 Å². The molecule has 0 bridgehead atoms. The summed E-state index contributed by atoms with van der Waals surface area (Å²) in [5.74, 6) is -0.235. The van der Waals surface area contributed by atoms with Gasteiger partial charge in [-0.15, -0.1) is 11.3 Å². The van der Waals surface area contributed by atoms with Crippen LogP contribution in [-0.4, -0.2) is 36.1 Å². The summed E-state index contributed by atoms with van der Waals surface area (Å²) in [4.78, 5) is 31.9. The number of hydrogen-bond acceptors (Lipinski definition) is 4. The minimum atomic E-state index is -0.964. The van der Waals surface area contributed by atoms with Crippen LogP contribution in [0.25, 0.3) is 10.4 Å². The van der Waals surface area contributed by atoms with Gasteiger partial charge in [0, 0.05) is 35.6 Å². The number of para-hydroxylation sites is 1. The van der Waals surface area contributed by atoms with Crippen molar-refractivity contribution in [3.63, 3.8) is 0 Å². The lowest BCUT2D eigenvalue weighted by atomic mass is 9.82. The molecule has 3 aromatic rings. The van der Waals surface area contributed by atoms with Gasteiger partial charge in [-0.05, 0) is 68.2 Å². The van der Waals surface area contributed by atoms with Crippen molar-refractivity contribution in [3.8, 4) is 10.4 Å². The fourth-order valence-corrected chi connectivity index (χ4v) is 6.67. The Morgan fingerprint density at radius 3 is 2.11 bits per heavy atom. The highest BCUT2D eigenvalue weighted by atomic mass is 32.1. The van der Waals surface area contributed by atoms with E-state index in [1.165, 1.54) is 17.0 Å². The Morgan fingerprint density at radius 2 is 1.50 bits per heavy atom. The average molecular weight is 503 g/mol. The van der Waals surface area contributed by atoms with Gasteiger partial charge in [-0.1, -0.05) is 55.5 Å². The predicted molar refractivity (Wildman–Crippen MR) is 147 cm³/mol. The van der Waals surface area contributed by atoms with E-state index in [2.05, 4.69) is 36.1 Å². The Morgan fingerprint density at radius 1 is 0.889 bits per heavy atom. The van der Waals surface area contributed by atoms with Crippen molar-refractivity contribution >= 4 is 34.6 Å². The fraction of sp³-hybridized carbons (Fsp3) is 0.400. The number of benzene rings is 2. The maximum atomic E-state index is 14.1. The number of rotatable bonds is 6. The molecule has 36 heavy (non-hydrogen) atoms. The monoisotopic (exact) mass is 502 g/mol. The van der Waals surface area contributed by atoms with Gasteiger partial charge in [0.25, 0.3) is 0 Å². The molecule has 0 unspecified atom stereocenters. The van der Waals surface area contributed by atoms with Crippen LogP contribution in [0.3, 0.4) is 0 Å². The Bertz CT molecular complexity index is 1180. The Hall–Kier alpha value is -3.12. The van der Waals surface area contributed by atoms with Crippen molar-refractivity contribution < 1.29 is 14.7 Å². The van der Waals surface area contributed by atoms with Crippen molar-refractivity contribution in [2.75, 3.05) is 22.9 Å². The molecule has 188 valence electrons. The van der Waals surface area contributed by atoms with Crippen molar-refractivity contribution in [3.05, 3.63) is 71.6 Å². The third-order valence-electron chi connectivity index (χ3n) is 7.78. The van der Waals surface area contributed by atoms with E-state index < -0.39 is 5.97 Å². The molecule has 2 aromatic carbocycles. The third-order valence-corrected chi connectivity index (χ3v) is 8.94. The summed E-state index contributed by atoms with van der Waals surface area (Å²) in [6, 6.07) is 22.2. The highest BCUT2D eigenvalue weighted by Gasteiger charge is 2.37. The van der Waals surface area contributed by atoms with Crippen LogP contribution in [0.1, 0.15) is 55.1 Å². The molecule has 1 aliphatic carbocycles. The lowest BCUT2D eigenvalue weighted by Gasteiger charge is -2.41. The summed E-state index contributed by atoms with van der Waals surface area (Å²) in [7, 11) is 0. The van der Waals surface area contributed by atoms with E-state index in [1.54, 1.807) is 0 Å². The minimum Gasteiger partial charge on any atom is -0.477 e. The van der Waals surface area contributed by atoms with Crippen LogP contribution in [0, 0.1) is 11.8 Å². The lowest BCUT2D eigenvalue weighted by molar-refractivity contribution is -0.124.